The van der Waals surface area contributed by atoms with Crippen molar-refractivity contribution >= 4 is 15.7 Å². The first-order valence-electron chi connectivity index (χ1n) is 5.33. The Kier molecular flexibility index (Phi) is 4.49. The van der Waals surface area contributed by atoms with Gasteiger partial charge in [-0.15, -0.1) is 0 Å². The van der Waals surface area contributed by atoms with E-state index in [1.54, 1.807) is 6.08 Å². The predicted molar refractivity (Wildman–Crippen MR) is 62.6 cm³/mol. The molecule has 6 heteroatoms. The van der Waals surface area contributed by atoms with E-state index in [-0.39, 0.29) is 23.7 Å². The zero-order valence-corrected chi connectivity index (χ0v) is 10.4. The Hall–Kier alpha value is -0.880. The highest BCUT2D eigenvalue weighted by atomic mass is 32.2. The van der Waals surface area contributed by atoms with Crippen LogP contribution in [-0.4, -0.2) is 38.7 Å². The summed E-state index contributed by atoms with van der Waals surface area (Å²) >= 11 is 0. The van der Waals surface area contributed by atoms with Crippen molar-refractivity contribution < 1.29 is 13.2 Å². The smallest absolute Gasteiger partial charge is 0.221 e. The number of sulfone groups is 1. The minimum Gasteiger partial charge on any atom is -0.354 e. The van der Waals surface area contributed by atoms with Crippen LogP contribution in [0.5, 0.6) is 0 Å². The van der Waals surface area contributed by atoms with Crippen LogP contribution in [0.1, 0.15) is 20.3 Å². The number of hydrogen-bond acceptors (Lipinski definition) is 4. The average Bonchev–Trinajstić information content (AvgIpc) is 2.44. The zero-order valence-electron chi connectivity index (χ0n) is 9.56. The van der Waals surface area contributed by atoms with Crippen molar-refractivity contribution in [2.24, 2.45) is 0 Å². The van der Waals surface area contributed by atoms with Gasteiger partial charge in [-0.1, -0.05) is 6.08 Å². The monoisotopic (exact) mass is 246 g/mol. The van der Waals surface area contributed by atoms with E-state index in [0.717, 1.165) is 0 Å². The molecule has 1 unspecified atom stereocenters. The molecule has 1 atom stereocenters. The largest absolute Gasteiger partial charge is 0.354 e. The molecule has 1 rings (SSSR count). The van der Waals surface area contributed by atoms with Crippen molar-refractivity contribution in [1.29, 1.82) is 0 Å². The van der Waals surface area contributed by atoms with Crippen molar-refractivity contribution in [2.75, 3.05) is 12.3 Å². The van der Waals surface area contributed by atoms with Crippen LogP contribution in [0, 0.1) is 0 Å². The molecule has 1 aliphatic rings. The van der Waals surface area contributed by atoms with Crippen LogP contribution in [0.3, 0.4) is 0 Å². The van der Waals surface area contributed by atoms with E-state index in [1.165, 1.54) is 5.41 Å². The van der Waals surface area contributed by atoms with E-state index in [0.29, 0.717) is 13.0 Å². The van der Waals surface area contributed by atoms with Gasteiger partial charge in [0, 0.05) is 30.5 Å². The molecule has 0 aliphatic carbocycles. The van der Waals surface area contributed by atoms with E-state index in [2.05, 4.69) is 10.6 Å². The normalized spacial score (nSPS) is 22.6. The van der Waals surface area contributed by atoms with Gasteiger partial charge in [0.15, 0.2) is 9.84 Å². The van der Waals surface area contributed by atoms with E-state index in [9.17, 15) is 13.2 Å². The minimum absolute atomic E-state index is 0.0210. The lowest BCUT2D eigenvalue weighted by Gasteiger charge is -2.11. The van der Waals surface area contributed by atoms with Gasteiger partial charge in [0.2, 0.25) is 5.91 Å². The fourth-order valence-electron chi connectivity index (χ4n) is 1.47. The third-order valence-electron chi connectivity index (χ3n) is 2.14. The van der Waals surface area contributed by atoms with Crippen molar-refractivity contribution in [3.05, 3.63) is 11.5 Å². The fraction of sp³-hybridized carbons (Fsp3) is 0.700. The van der Waals surface area contributed by atoms with Crippen LogP contribution in [-0.2, 0) is 14.6 Å². The number of nitrogens with one attached hydrogen (secondary N) is 2. The zero-order chi connectivity index (χ0) is 12.2. The summed E-state index contributed by atoms with van der Waals surface area (Å²) in [4.78, 5) is 11.3. The Morgan fingerprint density at radius 2 is 2.19 bits per heavy atom. The number of carbonyl (C=O) groups is 1. The van der Waals surface area contributed by atoms with Gasteiger partial charge in [-0.25, -0.2) is 8.42 Å². The van der Waals surface area contributed by atoms with Crippen LogP contribution in [0.2, 0.25) is 0 Å². The second-order valence-electron chi connectivity index (χ2n) is 4.19. The van der Waals surface area contributed by atoms with Gasteiger partial charge in [-0.3, -0.25) is 4.79 Å². The van der Waals surface area contributed by atoms with Gasteiger partial charge in [0.1, 0.15) is 0 Å². The Bertz CT molecular complexity index is 374. The number of hydrogen-bond donors (Lipinski definition) is 2. The number of amides is 1. The van der Waals surface area contributed by atoms with Crippen LogP contribution in [0.15, 0.2) is 11.5 Å². The lowest BCUT2D eigenvalue weighted by Crippen LogP contribution is -2.36. The van der Waals surface area contributed by atoms with Gasteiger partial charge >= 0.3 is 0 Å². The Labute approximate surface area is 96.2 Å². The Morgan fingerprint density at radius 1 is 1.50 bits per heavy atom. The molecule has 0 radical (unpaired) electrons. The van der Waals surface area contributed by atoms with Crippen LogP contribution >= 0.6 is 0 Å². The molecule has 0 aromatic rings. The standard InChI is InChI=1S/C10H18N2O3S/c1-8(2)12-10(13)3-5-11-9-4-6-16(14,15)7-9/h4,6,8-9,11H,3,5,7H2,1-2H3,(H,12,13). The van der Waals surface area contributed by atoms with E-state index in [1.807, 2.05) is 13.8 Å². The first-order chi connectivity index (χ1) is 7.39. The molecular formula is C10H18N2O3S. The second-order valence-corrected chi connectivity index (χ2v) is 6.12. The summed E-state index contributed by atoms with van der Waals surface area (Å²) < 4.78 is 22.2. The van der Waals surface area contributed by atoms with Gasteiger partial charge in [0.25, 0.3) is 0 Å². The summed E-state index contributed by atoms with van der Waals surface area (Å²) in [6.07, 6.45) is 1.98. The summed E-state index contributed by atoms with van der Waals surface area (Å²) in [6, 6.07) is -0.0175. The first kappa shape index (κ1) is 13.2. The van der Waals surface area contributed by atoms with E-state index < -0.39 is 9.84 Å². The molecule has 92 valence electrons. The number of rotatable bonds is 5. The SMILES string of the molecule is CC(C)NC(=O)CCNC1C=CS(=O)(=O)C1. The highest BCUT2D eigenvalue weighted by Gasteiger charge is 2.20. The molecule has 1 amide bonds. The van der Waals surface area contributed by atoms with Crippen molar-refractivity contribution in [3.63, 3.8) is 0 Å². The molecule has 16 heavy (non-hydrogen) atoms. The average molecular weight is 246 g/mol. The lowest BCUT2D eigenvalue weighted by molar-refractivity contribution is -0.121. The molecule has 0 fully saturated rings. The summed E-state index contributed by atoms with van der Waals surface area (Å²) in [5.41, 5.74) is 0. The lowest BCUT2D eigenvalue weighted by atomic mass is 10.3. The van der Waals surface area contributed by atoms with Gasteiger partial charge in [-0.05, 0) is 13.8 Å². The van der Waals surface area contributed by atoms with Crippen molar-refractivity contribution in [2.45, 2.75) is 32.4 Å². The van der Waals surface area contributed by atoms with Crippen LogP contribution in [0.25, 0.3) is 0 Å². The molecule has 0 bridgehead atoms. The highest BCUT2D eigenvalue weighted by Crippen LogP contribution is 2.07. The molecule has 5 nitrogen and oxygen atoms in total. The molecule has 0 aromatic carbocycles. The molecule has 0 aromatic heterocycles. The van der Waals surface area contributed by atoms with Crippen LogP contribution < -0.4 is 10.6 Å². The maximum atomic E-state index is 11.3. The predicted octanol–water partition coefficient (Wildman–Crippen LogP) is -0.199. The third kappa shape index (κ3) is 4.76. The molecule has 0 spiro atoms. The van der Waals surface area contributed by atoms with Crippen molar-refractivity contribution in [3.8, 4) is 0 Å². The Balaban J connectivity index is 2.18. The van der Waals surface area contributed by atoms with Gasteiger partial charge in [-0.2, -0.15) is 0 Å². The highest BCUT2D eigenvalue weighted by molar-refractivity contribution is 7.94. The molecule has 1 heterocycles. The quantitative estimate of drug-likeness (QED) is 0.704. The van der Waals surface area contributed by atoms with Gasteiger partial charge in [0.05, 0.1) is 5.75 Å². The van der Waals surface area contributed by atoms with E-state index >= 15 is 0 Å². The second kappa shape index (κ2) is 5.45. The van der Waals surface area contributed by atoms with Gasteiger partial charge < -0.3 is 10.6 Å². The summed E-state index contributed by atoms with van der Waals surface area (Å²) in [7, 11) is -3.01. The molecular weight excluding hydrogens is 228 g/mol. The van der Waals surface area contributed by atoms with E-state index in [4.69, 9.17) is 0 Å². The van der Waals surface area contributed by atoms with Crippen molar-refractivity contribution in [1.82, 2.24) is 10.6 Å². The summed E-state index contributed by atoms with van der Waals surface area (Å²) in [5, 5.41) is 7.00. The molecule has 0 saturated carbocycles. The topological polar surface area (TPSA) is 75.3 Å². The summed E-state index contributed by atoms with van der Waals surface area (Å²) in [6.45, 7) is 4.29. The summed E-state index contributed by atoms with van der Waals surface area (Å²) in [5.74, 6) is 0.0750. The maximum absolute atomic E-state index is 11.3. The third-order valence-corrected chi connectivity index (χ3v) is 3.53. The van der Waals surface area contributed by atoms with Crippen LogP contribution in [0.4, 0.5) is 0 Å². The Morgan fingerprint density at radius 3 is 2.69 bits per heavy atom. The molecule has 0 saturated heterocycles. The minimum atomic E-state index is -3.01. The molecule has 1 aliphatic heterocycles. The number of carbonyl (C=O) groups excluding carboxylic acids is 1. The first-order valence-corrected chi connectivity index (χ1v) is 7.04. The fourth-order valence-corrected chi connectivity index (χ4v) is 2.74. The molecule has 2 N–H and O–H groups in total. The maximum Gasteiger partial charge on any atom is 0.221 e.